The van der Waals surface area contributed by atoms with Gasteiger partial charge in [0.15, 0.2) is 0 Å². The molecule has 144 valence electrons. The van der Waals surface area contributed by atoms with Crippen LogP contribution in [0.4, 0.5) is 10.1 Å². The zero-order chi connectivity index (χ0) is 19.5. The summed E-state index contributed by atoms with van der Waals surface area (Å²) < 4.78 is 16.8. The fourth-order valence-corrected chi connectivity index (χ4v) is 4.28. The SMILES string of the molecule is CC1CCc2c(N3CCC(O)CC3O)c(F)cc3c(=O)c(C(=O)O)cn1c23. The lowest BCUT2D eigenvalue weighted by atomic mass is 9.92. The summed E-state index contributed by atoms with van der Waals surface area (Å²) in [6.45, 7) is 2.22. The van der Waals surface area contributed by atoms with Gasteiger partial charge >= 0.3 is 5.97 Å². The van der Waals surface area contributed by atoms with E-state index >= 15 is 4.39 Å². The summed E-state index contributed by atoms with van der Waals surface area (Å²) in [4.78, 5) is 25.6. The first kappa shape index (κ1) is 17.9. The molecule has 3 heterocycles. The maximum absolute atomic E-state index is 15.1. The molecule has 3 N–H and O–H groups in total. The van der Waals surface area contributed by atoms with E-state index in [-0.39, 0.29) is 29.1 Å². The Hall–Kier alpha value is -2.45. The highest BCUT2D eigenvalue weighted by Gasteiger charge is 2.33. The Kier molecular flexibility index (Phi) is 4.20. The second-order valence-electron chi connectivity index (χ2n) is 7.41. The number of aromatic nitrogens is 1. The summed E-state index contributed by atoms with van der Waals surface area (Å²) in [5.41, 5.74) is 0.288. The molecule has 0 bridgehead atoms. The van der Waals surface area contributed by atoms with E-state index in [0.29, 0.717) is 36.9 Å². The number of rotatable bonds is 2. The van der Waals surface area contributed by atoms with E-state index in [1.165, 1.54) is 11.1 Å². The first-order chi connectivity index (χ1) is 12.8. The number of carbonyl (C=O) groups is 1. The van der Waals surface area contributed by atoms with E-state index in [0.717, 1.165) is 6.07 Å². The van der Waals surface area contributed by atoms with Gasteiger partial charge in [0.2, 0.25) is 5.43 Å². The van der Waals surface area contributed by atoms with Gasteiger partial charge in [-0.05, 0) is 32.3 Å². The van der Waals surface area contributed by atoms with E-state index in [1.54, 1.807) is 4.57 Å². The Balaban J connectivity index is 2.02. The summed E-state index contributed by atoms with van der Waals surface area (Å²) in [6.07, 6.45) is 1.39. The fourth-order valence-electron chi connectivity index (χ4n) is 4.28. The van der Waals surface area contributed by atoms with E-state index in [9.17, 15) is 24.9 Å². The maximum atomic E-state index is 15.1. The first-order valence-electron chi connectivity index (χ1n) is 9.06. The average molecular weight is 376 g/mol. The van der Waals surface area contributed by atoms with Crippen molar-refractivity contribution in [2.24, 2.45) is 0 Å². The largest absolute Gasteiger partial charge is 0.477 e. The fraction of sp³-hybridized carbons (Fsp3) is 0.474. The molecule has 0 amide bonds. The van der Waals surface area contributed by atoms with Crippen molar-refractivity contribution in [3.63, 3.8) is 0 Å². The third kappa shape index (κ3) is 2.71. The summed E-state index contributed by atoms with van der Waals surface area (Å²) in [7, 11) is 0. The van der Waals surface area contributed by atoms with Crippen LogP contribution in [0.25, 0.3) is 10.9 Å². The van der Waals surface area contributed by atoms with Gasteiger partial charge in [-0.3, -0.25) is 4.79 Å². The third-order valence-electron chi connectivity index (χ3n) is 5.69. The van der Waals surface area contributed by atoms with Gasteiger partial charge in [-0.15, -0.1) is 0 Å². The average Bonchev–Trinajstić information content (AvgIpc) is 2.60. The summed E-state index contributed by atoms with van der Waals surface area (Å²) in [5.74, 6) is -2.00. The number of aryl methyl sites for hydroxylation is 1. The number of nitrogens with zero attached hydrogens (tertiary/aromatic N) is 2. The minimum absolute atomic E-state index is 0.0369. The van der Waals surface area contributed by atoms with Gasteiger partial charge in [0, 0.05) is 36.2 Å². The molecule has 0 spiro atoms. The molecular weight excluding hydrogens is 355 g/mol. The van der Waals surface area contributed by atoms with E-state index in [1.807, 2.05) is 6.92 Å². The Morgan fingerprint density at radius 3 is 2.70 bits per heavy atom. The zero-order valence-electron chi connectivity index (χ0n) is 14.9. The van der Waals surface area contributed by atoms with Crippen molar-refractivity contribution >= 4 is 22.6 Å². The number of hydrogen-bond donors (Lipinski definition) is 3. The molecule has 1 fully saturated rings. The van der Waals surface area contributed by atoms with Gasteiger partial charge in [-0.2, -0.15) is 0 Å². The van der Waals surface area contributed by atoms with Crippen LogP contribution in [-0.2, 0) is 6.42 Å². The Morgan fingerprint density at radius 1 is 1.30 bits per heavy atom. The van der Waals surface area contributed by atoms with E-state index < -0.39 is 29.5 Å². The number of aliphatic hydroxyl groups excluding tert-OH is 2. The van der Waals surface area contributed by atoms with E-state index in [2.05, 4.69) is 0 Å². The molecule has 1 aromatic heterocycles. The van der Waals surface area contributed by atoms with Crippen LogP contribution in [0.1, 0.15) is 48.1 Å². The summed E-state index contributed by atoms with van der Waals surface area (Å²) in [5, 5.41) is 29.5. The molecule has 1 saturated heterocycles. The molecule has 2 aromatic rings. The minimum atomic E-state index is -1.34. The van der Waals surface area contributed by atoms with Gasteiger partial charge in [0.05, 0.1) is 17.3 Å². The number of hydrogen-bond acceptors (Lipinski definition) is 5. The molecule has 3 unspecified atom stereocenters. The highest BCUT2D eigenvalue weighted by Crippen LogP contribution is 2.39. The van der Waals surface area contributed by atoms with Crippen LogP contribution in [0.2, 0.25) is 0 Å². The molecule has 8 heteroatoms. The number of aliphatic hydroxyl groups is 2. The first-order valence-corrected chi connectivity index (χ1v) is 9.06. The molecule has 0 radical (unpaired) electrons. The normalized spacial score (nSPS) is 25.0. The molecule has 0 aliphatic carbocycles. The van der Waals surface area contributed by atoms with Crippen molar-refractivity contribution in [3.8, 4) is 0 Å². The topological polar surface area (TPSA) is 103 Å². The van der Waals surface area contributed by atoms with Crippen LogP contribution >= 0.6 is 0 Å². The predicted octanol–water partition coefficient (Wildman–Crippen LogP) is 1.63. The van der Waals surface area contributed by atoms with Gasteiger partial charge in [0.1, 0.15) is 17.6 Å². The van der Waals surface area contributed by atoms with Crippen LogP contribution in [0.3, 0.4) is 0 Å². The Morgan fingerprint density at radius 2 is 2.04 bits per heavy atom. The number of piperidine rings is 1. The van der Waals surface area contributed by atoms with Crippen molar-refractivity contribution < 1.29 is 24.5 Å². The second kappa shape index (κ2) is 6.31. The highest BCUT2D eigenvalue weighted by molar-refractivity contribution is 5.95. The van der Waals surface area contributed by atoms with E-state index in [4.69, 9.17) is 0 Å². The molecule has 7 nitrogen and oxygen atoms in total. The summed E-state index contributed by atoms with van der Waals surface area (Å²) in [6, 6.07) is 1.04. The Bertz CT molecular complexity index is 1000. The number of benzene rings is 1. The van der Waals surface area contributed by atoms with Crippen molar-refractivity contribution in [2.45, 2.75) is 51.0 Å². The van der Waals surface area contributed by atoms with Crippen molar-refractivity contribution in [2.75, 3.05) is 11.4 Å². The third-order valence-corrected chi connectivity index (χ3v) is 5.69. The second-order valence-corrected chi connectivity index (χ2v) is 7.41. The molecule has 0 saturated carbocycles. The standard InChI is InChI=1S/C19H21FN2O5/c1-9-2-3-11-16-12(18(25)13(19(26)27)8-22(9)16)7-14(20)17(11)21-5-4-10(23)6-15(21)24/h7-10,15,23-24H,2-6H2,1H3,(H,26,27). The number of carboxylic acid groups (broad SMARTS) is 1. The molecule has 3 atom stereocenters. The minimum Gasteiger partial charge on any atom is -0.477 e. The predicted molar refractivity (Wildman–Crippen MR) is 96.8 cm³/mol. The zero-order valence-corrected chi connectivity index (χ0v) is 14.9. The Labute approximate surface area is 154 Å². The molecule has 27 heavy (non-hydrogen) atoms. The van der Waals surface area contributed by atoms with Crippen molar-refractivity contribution in [1.29, 1.82) is 0 Å². The highest BCUT2D eigenvalue weighted by atomic mass is 19.1. The monoisotopic (exact) mass is 376 g/mol. The van der Waals surface area contributed by atoms with Crippen molar-refractivity contribution in [3.05, 3.63) is 39.4 Å². The van der Waals surface area contributed by atoms with Crippen LogP contribution in [0, 0.1) is 5.82 Å². The number of halogens is 1. The van der Waals surface area contributed by atoms with Crippen LogP contribution in [0.15, 0.2) is 17.1 Å². The molecule has 2 aliphatic heterocycles. The number of aromatic carboxylic acids is 1. The van der Waals surface area contributed by atoms with Gasteiger partial charge < -0.3 is 24.8 Å². The van der Waals surface area contributed by atoms with Gasteiger partial charge in [0.25, 0.3) is 0 Å². The lowest BCUT2D eigenvalue weighted by Crippen LogP contribution is -2.45. The number of carboxylic acids is 1. The number of anilines is 1. The van der Waals surface area contributed by atoms with Crippen LogP contribution < -0.4 is 10.3 Å². The quantitative estimate of drug-likeness (QED) is 0.736. The molecule has 1 aromatic carbocycles. The smallest absolute Gasteiger partial charge is 0.341 e. The van der Waals surface area contributed by atoms with Gasteiger partial charge in [-0.25, -0.2) is 9.18 Å². The van der Waals surface area contributed by atoms with Crippen LogP contribution in [0.5, 0.6) is 0 Å². The number of pyridine rings is 1. The van der Waals surface area contributed by atoms with Crippen LogP contribution in [-0.4, -0.2) is 44.7 Å². The van der Waals surface area contributed by atoms with Gasteiger partial charge in [-0.1, -0.05) is 0 Å². The molecule has 4 rings (SSSR count). The van der Waals surface area contributed by atoms with Crippen molar-refractivity contribution in [1.82, 2.24) is 4.57 Å². The molecule has 2 aliphatic rings. The maximum Gasteiger partial charge on any atom is 0.341 e. The lowest BCUT2D eigenvalue weighted by Gasteiger charge is -2.39. The lowest BCUT2D eigenvalue weighted by molar-refractivity contribution is 0.0495. The molecular formula is C19H21FN2O5. The summed E-state index contributed by atoms with van der Waals surface area (Å²) >= 11 is 0.